The fourth-order valence-electron chi connectivity index (χ4n) is 3.09. The van der Waals surface area contributed by atoms with Crippen molar-refractivity contribution in [1.29, 1.82) is 0 Å². The zero-order chi connectivity index (χ0) is 19.8. The number of aliphatic hydroxyl groups excluding tert-OH is 1. The van der Waals surface area contributed by atoms with Gasteiger partial charge in [0.2, 0.25) is 0 Å². The van der Waals surface area contributed by atoms with Gasteiger partial charge < -0.3 is 20.5 Å². The lowest BCUT2D eigenvalue weighted by atomic mass is 9.99. The molecule has 3 aromatic rings. The number of amides is 1. The second-order valence-electron chi connectivity index (χ2n) is 6.67. The smallest absolute Gasteiger partial charge is 0.409 e. The van der Waals surface area contributed by atoms with Crippen molar-refractivity contribution in [3.05, 3.63) is 47.4 Å². The molecule has 2 aromatic heterocycles. The van der Waals surface area contributed by atoms with Crippen LogP contribution in [0.2, 0.25) is 0 Å². The summed E-state index contributed by atoms with van der Waals surface area (Å²) in [5.41, 5.74) is -0.530. The number of halogens is 2. The number of aliphatic hydroxyl groups is 1. The summed E-state index contributed by atoms with van der Waals surface area (Å²) in [4.78, 5) is 21.9. The van der Waals surface area contributed by atoms with Crippen molar-refractivity contribution >= 4 is 28.6 Å². The molecule has 0 bridgehead atoms. The van der Waals surface area contributed by atoms with Crippen molar-refractivity contribution in [2.75, 3.05) is 17.2 Å². The largest absolute Gasteiger partial charge is 0.465 e. The first kappa shape index (κ1) is 18.1. The molecular formula is C18H17F2N5O3. The maximum Gasteiger partial charge on any atom is 0.409 e. The van der Waals surface area contributed by atoms with Gasteiger partial charge in [0, 0.05) is 18.3 Å². The minimum Gasteiger partial charge on any atom is -0.465 e. The predicted octanol–water partition coefficient (Wildman–Crippen LogP) is 3.23. The zero-order valence-corrected chi connectivity index (χ0v) is 14.5. The molecule has 5 N–H and O–H groups in total. The van der Waals surface area contributed by atoms with Gasteiger partial charge in [0.15, 0.2) is 5.82 Å². The van der Waals surface area contributed by atoms with Crippen LogP contribution in [0.5, 0.6) is 0 Å². The molecule has 10 heteroatoms. The maximum absolute atomic E-state index is 14.7. The fourth-order valence-corrected chi connectivity index (χ4v) is 3.09. The number of rotatable bonds is 6. The summed E-state index contributed by atoms with van der Waals surface area (Å²) in [6.45, 7) is 0.702. The first-order valence-corrected chi connectivity index (χ1v) is 8.67. The van der Waals surface area contributed by atoms with Crippen LogP contribution in [0.3, 0.4) is 0 Å². The number of hydrogen-bond acceptors (Lipinski definition) is 5. The van der Waals surface area contributed by atoms with Crippen molar-refractivity contribution < 1.29 is 23.8 Å². The zero-order valence-electron chi connectivity index (χ0n) is 14.5. The topological polar surface area (TPSA) is 123 Å². The molecule has 0 aliphatic heterocycles. The quantitative estimate of drug-likeness (QED) is 0.441. The number of nitrogens with one attached hydrogen (secondary N) is 3. The molecule has 1 saturated carbocycles. The summed E-state index contributed by atoms with van der Waals surface area (Å²) < 4.78 is 29.1. The van der Waals surface area contributed by atoms with Gasteiger partial charge in [-0.2, -0.15) is 0 Å². The van der Waals surface area contributed by atoms with Crippen molar-refractivity contribution in [2.24, 2.45) is 5.92 Å². The third-order valence-corrected chi connectivity index (χ3v) is 4.69. The van der Waals surface area contributed by atoms with Gasteiger partial charge in [-0.05, 0) is 30.9 Å². The molecule has 0 saturated heterocycles. The normalized spacial score (nSPS) is 14.8. The lowest BCUT2D eigenvalue weighted by Gasteiger charge is -2.16. The Bertz CT molecular complexity index is 1050. The highest BCUT2D eigenvalue weighted by Gasteiger charge is 2.27. The van der Waals surface area contributed by atoms with Crippen LogP contribution in [0.25, 0.3) is 11.0 Å². The molecule has 1 atom stereocenters. The lowest BCUT2D eigenvalue weighted by Crippen LogP contribution is -2.13. The number of carbonyl (C=O) groups is 1. The molecule has 8 nitrogen and oxygen atoms in total. The molecule has 146 valence electrons. The van der Waals surface area contributed by atoms with Gasteiger partial charge in [0.25, 0.3) is 0 Å². The second kappa shape index (κ2) is 7.04. The average molecular weight is 389 g/mol. The summed E-state index contributed by atoms with van der Waals surface area (Å²) in [7, 11) is 0. The van der Waals surface area contributed by atoms with E-state index in [-0.39, 0.29) is 5.56 Å². The van der Waals surface area contributed by atoms with E-state index in [4.69, 9.17) is 5.11 Å². The second-order valence-corrected chi connectivity index (χ2v) is 6.67. The van der Waals surface area contributed by atoms with E-state index in [9.17, 15) is 18.7 Å². The van der Waals surface area contributed by atoms with Crippen LogP contribution in [0.4, 0.5) is 25.1 Å². The van der Waals surface area contributed by atoms with Crippen molar-refractivity contribution in [1.82, 2.24) is 15.0 Å². The van der Waals surface area contributed by atoms with Gasteiger partial charge in [-0.1, -0.05) is 0 Å². The third-order valence-electron chi connectivity index (χ3n) is 4.69. The van der Waals surface area contributed by atoms with Crippen LogP contribution in [0.1, 0.15) is 30.1 Å². The van der Waals surface area contributed by atoms with Gasteiger partial charge in [-0.25, -0.2) is 23.5 Å². The summed E-state index contributed by atoms with van der Waals surface area (Å²) in [6, 6.07) is 1.85. The molecule has 1 fully saturated rings. The van der Waals surface area contributed by atoms with Gasteiger partial charge in [0.05, 0.1) is 16.6 Å². The Kier molecular flexibility index (Phi) is 4.55. The minimum atomic E-state index is -1.70. The number of H-pyrrole nitrogens is 1. The Morgan fingerprint density at radius 1 is 1.32 bits per heavy atom. The Hall–Kier alpha value is -3.27. The van der Waals surface area contributed by atoms with Crippen LogP contribution < -0.4 is 10.6 Å². The number of carboxylic acid groups (broad SMARTS) is 1. The van der Waals surface area contributed by atoms with Crippen molar-refractivity contribution in [3.8, 4) is 0 Å². The highest BCUT2D eigenvalue weighted by Crippen LogP contribution is 2.36. The maximum atomic E-state index is 14.7. The summed E-state index contributed by atoms with van der Waals surface area (Å²) in [6.07, 6.45) is 1.81. The van der Waals surface area contributed by atoms with E-state index < -0.39 is 35.1 Å². The van der Waals surface area contributed by atoms with Gasteiger partial charge >= 0.3 is 6.09 Å². The van der Waals surface area contributed by atoms with E-state index in [1.807, 2.05) is 5.32 Å². The van der Waals surface area contributed by atoms with Crippen LogP contribution in [0.15, 0.2) is 24.7 Å². The van der Waals surface area contributed by atoms with E-state index >= 15 is 0 Å². The van der Waals surface area contributed by atoms with E-state index in [1.54, 1.807) is 0 Å². The van der Waals surface area contributed by atoms with E-state index in [0.29, 0.717) is 29.3 Å². The Labute approximate surface area is 157 Å². The highest BCUT2D eigenvalue weighted by molar-refractivity contribution is 5.91. The summed E-state index contributed by atoms with van der Waals surface area (Å²) in [5, 5.41) is 25.0. The van der Waals surface area contributed by atoms with Crippen LogP contribution in [0, 0.1) is 17.6 Å². The van der Waals surface area contributed by atoms with Gasteiger partial charge in [0.1, 0.15) is 29.7 Å². The van der Waals surface area contributed by atoms with Crippen LogP contribution in [-0.4, -0.2) is 37.8 Å². The molecular weight excluding hydrogens is 372 g/mol. The van der Waals surface area contributed by atoms with Gasteiger partial charge in [-0.15, -0.1) is 0 Å². The molecule has 1 unspecified atom stereocenters. The SMILES string of the molecule is O=C(O)Nc1ccc(F)c(C(O)c2c[nH]c3ncnc(NCC4CC4)c23)c1F. The van der Waals surface area contributed by atoms with Crippen molar-refractivity contribution in [2.45, 2.75) is 18.9 Å². The third kappa shape index (κ3) is 3.33. The number of fused-ring (bicyclic) bond motifs is 1. The Morgan fingerprint density at radius 3 is 2.82 bits per heavy atom. The molecule has 28 heavy (non-hydrogen) atoms. The minimum absolute atomic E-state index is 0.180. The standard InChI is InChI=1S/C18H17F2N5O3/c19-10-3-4-11(25-18(27)28)14(20)13(10)15(26)9-6-22-17-12(9)16(23-7-24-17)21-5-8-1-2-8/h3-4,6-8,15,25-26H,1-2,5H2,(H,27,28)(H2,21,22,23,24). The lowest BCUT2D eigenvalue weighted by molar-refractivity contribution is 0.207. The van der Waals surface area contributed by atoms with Gasteiger partial charge in [-0.3, -0.25) is 5.32 Å². The Morgan fingerprint density at radius 2 is 2.11 bits per heavy atom. The molecule has 2 heterocycles. The summed E-state index contributed by atoms with van der Waals surface area (Å²) >= 11 is 0. The number of aromatic amines is 1. The molecule has 1 aromatic carbocycles. The highest BCUT2D eigenvalue weighted by atomic mass is 19.1. The first-order chi connectivity index (χ1) is 13.5. The first-order valence-electron chi connectivity index (χ1n) is 8.67. The molecule has 0 spiro atoms. The molecule has 1 amide bonds. The molecule has 0 radical (unpaired) electrons. The van der Waals surface area contributed by atoms with E-state index in [2.05, 4.69) is 20.3 Å². The number of nitrogens with zero attached hydrogens (tertiary/aromatic N) is 2. The van der Waals surface area contributed by atoms with Crippen molar-refractivity contribution in [3.63, 3.8) is 0 Å². The molecule has 1 aliphatic carbocycles. The van der Waals surface area contributed by atoms with Crippen LogP contribution in [-0.2, 0) is 0 Å². The fraction of sp³-hybridized carbons (Fsp3) is 0.278. The monoisotopic (exact) mass is 389 g/mol. The number of aromatic nitrogens is 3. The number of benzene rings is 1. The van der Waals surface area contributed by atoms with E-state index in [1.165, 1.54) is 12.5 Å². The predicted molar refractivity (Wildman–Crippen MR) is 97.2 cm³/mol. The average Bonchev–Trinajstić information content (AvgIpc) is 3.38. The number of anilines is 2. The molecule has 1 aliphatic rings. The molecule has 4 rings (SSSR count). The Balaban J connectivity index is 1.77. The van der Waals surface area contributed by atoms with E-state index in [0.717, 1.165) is 25.0 Å². The van der Waals surface area contributed by atoms with Crippen LogP contribution >= 0.6 is 0 Å². The number of hydrogen-bond donors (Lipinski definition) is 5. The summed E-state index contributed by atoms with van der Waals surface area (Å²) in [5.74, 6) is -1.17.